The van der Waals surface area contributed by atoms with Crippen LogP contribution < -0.4 is 10.5 Å². The SMILES string of the molecule is Nc1ncnc2ccc(-c3cc(C=C4SC(=S)N(CCc5ccc(C(=O)O)cc5)C4=O)ccc3OCCN3CCOCC3)cc12. The minimum absolute atomic E-state index is 0.157. The maximum absolute atomic E-state index is 13.4. The van der Waals surface area contributed by atoms with Gasteiger partial charge in [-0.1, -0.05) is 48.2 Å². The topological polar surface area (TPSA) is 131 Å². The van der Waals surface area contributed by atoms with Gasteiger partial charge < -0.3 is 20.3 Å². The average Bonchev–Trinajstić information content (AvgIpc) is 3.32. The van der Waals surface area contributed by atoms with Gasteiger partial charge in [-0.3, -0.25) is 14.6 Å². The Morgan fingerprint density at radius 2 is 1.87 bits per heavy atom. The van der Waals surface area contributed by atoms with Crippen LogP contribution in [-0.2, 0) is 16.0 Å². The highest BCUT2D eigenvalue weighted by Crippen LogP contribution is 2.37. The molecule has 10 nitrogen and oxygen atoms in total. The molecule has 12 heteroatoms. The zero-order valence-electron chi connectivity index (χ0n) is 24.3. The highest BCUT2D eigenvalue weighted by atomic mass is 32.2. The van der Waals surface area contributed by atoms with Crippen LogP contribution in [0.15, 0.2) is 71.9 Å². The number of nitrogen functional groups attached to an aromatic ring is 1. The number of carbonyl (C=O) groups is 2. The Hall–Kier alpha value is -4.36. The summed E-state index contributed by atoms with van der Waals surface area (Å²) in [5.74, 6) is -0.0146. The van der Waals surface area contributed by atoms with E-state index >= 15 is 0 Å². The molecule has 0 aliphatic carbocycles. The van der Waals surface area contributed by atoms with Crippen LogP contribution in [0.25, 0.3) is 28.1 Å². The molecule has 0 atom stereocenters. The van der Waals surface area contributed by atoms with Crippen molar-refractivity contribution in [1.82, 2.24) is 19.8 Å². The number of aromatic nitrogens is 2. The fourth-order valence-electron chi connectivity index (χ4n) is 5.24. The second-order valence-electron chi connectivity index (χ2n) is 10.6. The van der Waals surface area contributed by atoms with Crippen molar-refractivity contribution in [1.29, 1.82) is 0 Å². The zero-order valence-corrected chi connectivity index (χ0v) is 26.0. The summed E-state index contributed by atoms with van der Waals surface area (Å²) in [6.07, 6.45) is 3.85. The second-order valence-corrected chi connectivity index (χ2v) is 12.3. The summed E-state index contributed by atoms with van der Waals surface area (Å²) in [5, 5.41) is 9.88. The molecule has 6 rings (SSSR count). The number of amides is 1. The van der Waals surface area contributed by atoms with E-state index in [1.165, 1.54) is 18.1 Å². The Balaban J connectivity index is 1.23. The maximum Gasteiger partial charge on any atom is 0.335 e. The van der Waals surface area contributed by atoms with E-state index in [2.05, 4.69) is 14.9 Å². The molecule has 2 saturated heterocycles. The van der Waals surface area contributed by atoms with Gasteiger partial charge in [0.2, 0.25) is 0 Å². The van der Waals surface area contributed by atoms with Gasteiger partial charge in [0.25, 0.3) is 5.91 Å². The molecule has 0 unspecified atom stereocenters. The Morgan fingerprint density at radius 3 is 2.64 bits per heavy atom. The van der Waals surface area contributed by atoms with E-state index in [9.17, 15) is 9.59 Å². The molecule has 0 bridgehead atoms. The summed E-state index contributed by atoms with van der Waals surface area (Å²) < 4.78 is 12.3. The molecule has 4 aromatic rings. The number of hydrogen-bond donors (Lipinski definition) is 2. The van der Waals surface area contributed by atoms with Gasteiger partial charge in [-0.05, 0) is 65.6 Å². The third-order valence-corrected chi connectivity index (χ3v) is 9.12. The number of fused-ring (bicyclic) bond motifs is 1. The van der Waals surface area contributed by atoms with Crippen molar-refractivity contribution < 1.29 is 24.2 Å². The highest BCUT2D eigenvalue weighted by Gasteiger charge is 2.31. The smallest absolute Gasteiger partial charge is 0.335 e. The summed E-state index contributed by atoms with van der Waals surface area (Å²) in [7, 11) is 0. The lowest BCUT2D eigenvalue weighted by molar-refractivity contribution is -0.122. The molecule has 2 aliphatic rings. The third kappa shape index (κ3) is 7.15. The van der Waals surface area contributed by atoms with Crippen LogP contribution in [0, 0.1) is 0 Å². The van der Waals surface area contributed by atoms with Crippen molar-refractivity contribution in [3.05, 3.63) is 88.6 Å². The van der Waals surface area contributed by atoms with Crippen LogP contribution in [0.2, 0.25) is 0 Å². The van der Waals surface area contributed by atoms with Crippen LogP contribution >= 0.6 is 24.0 Å². The molecule has 45 heavy (non-hydrogen) atoms. The minimum Gasteiger partial charge on any atom is -0.492 e. The van der Waals surface area contributed by atoms with Crippen molar-refractivity contribution in [2.24, 2.45) is 0 Å². The molecular formula is C33H31N5O5S2. The molecule has 0 radical (unpaired) electrons. The minimum atomic E-state index is -0.974. The first kappa shape index (κ1) is 30.7. The van der Waals surface area contributed by atoms with Gasteiger partial charge in [-0.25, -0.2) is 14.8 Å². The number of hydrogen-bond acceptors (Lipinski definition) is 10. The largest absolute Gasteiger partial charge is 0.492 e. The van der Waals surface area contributed by atoms with E-state index in [1.807, 2.05) is 42.5 Å². The predicted octanol–water partition coefficient (Wildman–Crippen LogP) is 4.73. The van der Waals surface area contributed by atoms with E-state index in [4.69, 9.17) is 32.5 Å². The van der Waals surface area contributed by atoms with E-state index in [0.717, 1.165) is 71.8 Å². The Labute approximate surface area is 269 Å². The van der Waals surface area contributed by atoms with Crippen LogP contribution in [-0.4, -0.2) is 87.1 Å². The van der Waals surface area contributed by atoms with Gasteiger partial charge >= 0.3 is 5.97 Å². The summed E-state index contributed by atoms with van der Waals surface area (Å²) >= 11 is 6.83. The third-order valence-electron chi connectivity index (χ3n) is 7.75. The number of thiocarbonyl (C=S) groups is 1. The average molecular weight is 642 g/mol. The van der Waals surface area contributed by atoms with Gasteiger partial charge in [0.1, 0.15) is 28.8 Å². The first-order chi connectivity index (χ1) is 21.9. The molecule has 230 valence electrons. The van der Waals surface area contributed by atoms with Crippen LogP contribution in [0.3, 0.4) is 0 Å². The fraction of sp³-hybridized carbons (Fsp3) is 0.242. The van der Waals surface area contributed by atoms with E-state index < -0.39 is 5.97 Å². The Bertz CT molecular complexity index is 1790. The normalized spacial score (nSPS) is 16.5. The molecule has 0 saturated carbocycles. The number of benzene rings is 3. The second kappa shape index (κ2) is 13.7. The molecule has 2 fully saturated rings. The summed E-state index contributed by atoms with van der Waals surface area (Å²) in [4.78, 5) is 37.4. The number of nitrogens with two attached hydrogens (primary N) is 1. The lowest BCUT2D eigenvalue weighted by Crippen LogP contribution is -2.38. The summed E-state index contributed by atoms with van der Waals surface area (Å²) in [5.41, 5.74) is 10.6. The quantitative estimate of drug-likeness (QED) is 0.184. The van der Waals surface area contributed by atoms with Gasteiger partial charge in [0, 0.05) is 37.1 Å². The van der Waals surface area contributed by atoms with Gasteiger partial charge in [0.05, 0.1) is 29.2 Å². The van der Waals surface area contributed by atoms with Crippen molar-refractivity contribution in [3.63, 3.8) is 0 Å². The number of anilines is 1. The molecule has 1 amide bonds. The Kier molecular flexibility index (Phi) is 9.36. The molecule has 2 aliphatic heterocycles. The number of thioether (sulfide) groups is 1. The first-order valence-electron chi connectivity index (χ1n) is 14.5. The highest BCUT2D eigenvalue weighted by molar-refractivity contribution is 8.26. The van der Waals surface area contributed by atoms with Crippen molar-refractivity contribution in [3.8, 4) is 16.9 Å². The number of carboxylic acids is 1. The number of nitrogens with zero attached hydrogens (tertiary/aromatic N) is 4. The number of ether oxygens (including phenoxy) is 2. The fourth-order valence-corrected chi connectivity index (χ4v) is 6.55. The van der Waals surface area contributed by atoms with Crippen LogP contribution in [0.1, 0.15) is 21.5 Å². The van der Waals surface area contributed by atoms with Gasteiger partial charge in [-0.15, -0.1) is 0 Å². The lowest BCUT2D eigenvalue weighted by atomic mass is 10.00. The van der Waals surface area contributed by atoms with Crippen molar-refractivity contribution in [2.75, 3.05) is 51.7 Å². The van der Waals surface area contributed by atoms with Gasteiger partial charge in [-0.2, -0.15) is 0 Å². The molecule has 3 N–H and O–H groups in total. The molecule has 3 aromatic carbocycles. The Morgan fingerprint density at radius 1 is 1.07 bits per heavy atom. The zero-order chi connectivity index (χ0) is 31.3. The molecule has 0 spiro atoms. The lowest BCUT2D eigenvalue weighted by Gasteiger charge is -2.26. The van der Waals surface area contributed by atoms with E-state index in [0.29, 0.717) is 34.6 Å². The van der Waals surface area contributed by atoms with Crippen molar-refractivity contribution in [2.45, 2.75) is 6.42 Å². The molecule has 3 heterocycles. The predicted molar refractivity (Wildman–Crippen MR) is 179 cm³/mol. The molecule has 1 aromatic heterocycles. The van der Waals surface area contributed by atoms with Gasteiger partial charge in [0.15, 0.2) is 0 Å². The first-order valence-corrected chi connectivity index (χ1v) is 15.7. The number of morpholine rings is 1. The van der Waals surface area contributed by atoms with Crippen molar-refractivity contribution >= 4 is 63.0 Å². The van der Waals surface area contributed by atoms with Crippen LogP contribution in [0.5, 0.6) is 5.75 Å². The number of carboxylic acid groups (broad SMARTS) is 1. The molecular weight excluding hydrogens is 611 g/mol. The van der Waals surface area contributed by atoms with E-state index in [-0.39, 0.29) is 11.5 Å². The number of aromatic carboxylic acids is 1. The van der Waals surface area contributed by atoms with Crippen LogP contribution in [0.4, 0.5) is 5.82 Å². The summed E-state index contributed by atoms with van der Waals surface area (Å²) in [6.45, 7) is 4.93. The maximum atomic E-state index is 13.4. The number of carbonyl (C=O) groups excluding carboxylic acids is 1. The van der Waals surface area contributed by atoms with E-state index in [1.54, 1.807) is 29.2 Å². The number of rotatable bonds is 10. The monoisotopic (exact) mass is 641 g/mol. The standard InChI is InChI=1S/C33H31N5O5S2/c34-30-26-19-24(6-7-27(26)35-20-36-30)25-17-22(3-8-28(25)43-16-13-37-11-14-42-15-12-37)18-29-31(39)38(33(44)45-29)10-9-21-1-4-23(5-2-21)32(40)41/h1-8,17-20H,9-16H2,(H,40,41)(H2,34,35,36). The summed E-state index contributed by atoms with van der Waals surface area (Å²) in [6, 6.07) is 18.4.